The normalized spacial score (nSPS) is 17.1. The van der Waals surface area contributed by atoms with E-state index in [0.29, 0.717) is 15.9 Å². The van der Waals surface area contributed by atoms with Crippen LogP contribution < -0.4 is 19.7 Å². The minimum absolute atomic E-state index is 0.181. The Hall–Kier alpha value is -3.55. The van der Waals surface area contributed by atoms with E-state index >= 15 is 0 Å². The van der Waals surface area contributed by atoms with Gasteiger partial charge in [-0.2, -0.15) is 0 Å². The summed E-state index contributed by atoms with van der Waals surface area (Å²) in [7, 11) is 3.32. The van der Waals surface area contributed by atoms with Gasteiger partial charge in [-0.05, 0) is 86.6 Å². The van der Waals surface area contributed by atoms with Crippen LogP contribution in [-0.4, -0.2) is 28.9 Å². The zero-order chi connectivity index (χ0) is 26.3. The predicted octanol–water partition coefficient (Wildman–Crippen LogP) is 6.65. The van der Waals surface area contributed by atoms with Crippen LogP contribution in [0.15, 0.2) is 66.9 Å². The number of nitrogens with zero attached hydrogens (tertiary/aromatic N) is 3. The summed E-state index contributed by atoms with van der Waals surface area (Å²) in [5, 5.41) is 4.84. The Morgan fingerprint density at radius 1 is 0.946 bits per heavy atom. The van der Waals surface area contributed by atoms with Gasteiger partial charge in [-0.15, -0.1) is 0 Å². The van der Waals surface area contributed by atoms with Gasteiger partial charge < -0.3 is 24.3 Å². The Balaban J connectivity index is 1.73. The molecule has 0 bridgehead atoms. The Bertz CT molecular complexity index is 1470. The number of benzene rings is 2. The lowest BCUT2D eigenvalue weighted by atomic mass is 9.96. The molecule has 0 unspecified atom stereocenters. The van der Waals surface area contributed by atoms with Gasteiger partial charge in [0.15, 0.2) is 5.11 Å². The van der Waals surface area contributed by atoms with Gasteiger partial charge in [0.25, 0.3) is 0 Å². The van der Waals surface area contributed by atoms with Crippen molar-refractivity contribution >= 4 is 34.6 Å². The van der Waals surface area contributed by atoms with Gasteiger partial charge in [0, 0.05) is 34.4 Å². The number of nitrogens with one attached hydrogen (secondary N) is 1. The minimum Gasteiger partial charge on any atom is -0.497 e. The van der Waals surface area contributed by atoms with Crippen LogP contribution >= 0.6 is 23.8 Å². The van der Waals surface area contributed by atoms with Gasteiger partial charge in [0.2, 0.25) is 0 Å². The van der Waals surface area contributed by atoms with Crippen molar-refractivity contribution < 1.29 is 9.47 Å². The number of hydrogen-bond donors (Lipinski definition) is 1. The van der Waals surface area contributed by atoms with E-state index in [1.807, 2.05) is 60.8 Å². The largest absolute Gasteiger partial charge is 0.497 e. The highest BCUT2D eigenvalue weighted by Crippen LogP contribution is 2.47. The molecule has 0 spiro atoms. The van der Waals surface area contributed by atoms with Crippen LogP contribution in [0.3, 0.4) is 0 Å². The smallest absolute Gasteiger partial charge is 0.174 e. The van der Waals surface area contributed by atoms with Crippen LogP contribution in [0.5, 0.6) is 11.5 Å². The number of anilines is 1. The van der Waals surface area contributed by atoms with Gasteiger partial charge in [0.1, 0.15) is 11.5 Å². The summed E-state index contributed by atoms with van der Waals surface area (Å²) in [6.07, 6.45) is 1.81. The highest BCUT2D eigenvalue weighted by atomic mass is 35.5. The molecular formula is C29H29ClN4O2S. The topological polar surface area (TPSA) is 51.6 Å². The van der Waals surface area contributed by atoms with E-state index in [2.05, 4.69) is 46.6 Å². The van der Waals surface area contributed by atoms with E-state index in [1.165, 1.54) is 0 Å². The van der Waals surface area contributed by atoms with E-state index in [0.717, 1.165) is 45.3 Å². The lowest BCUT2D eigenvalue weighted by molar-refractivity contribution is 0.403. The van der Waals surface area contributed by atoms with E-state index < -0.39 is 0 Å². The van der Waals surface area contributed by atoms with E-state index in [1.54, 1.807) is 14.2 Å². The maximum Gasteiger partial charge on any atom is 0.174 e. The number of hydrogen-bond acceptors (Lipinski definition) is 4. The van der Waals surface area contributed by atoms with Crippen molar-refractivity contribution in [3.63, 3.8) is 0 Å². The van der Waals surface area contributed by atoms with E-state index in [4.69, 9.17) is 33.3 Å². The van der Waals surface area contributed by atoms with Crippen molar-refractivity contribution in [2.24, 2.45) is 0 Å². The van der Waals surface area contributed by atoms with Gasteiger partial charge >= 0.3 is 0 Å². The number of halogens is 1. The second kappa shape index (κ2) is 10.1. The Morgan fingerprint density at radius 3 is 2.46 bits per heavy atom. The fraction of sp³-hybridized carbons (Fsp3) is 0.241. The first-order chi connectivity index (χ1) is 17.8. The molecule has 4 aromatic rings. The van der Waals surface area contributed by atoms with Crippen LogP contribution in [0.2, 0.25) is 5.02 Å². The average Bonchev–Trinajstić information content (AvgIpc) is 3.40. The Labute approximate surface area is 227 Å². The summed E-state index contributed by atoms with van der Waals surface area (Å²) in [6, 6.07) is 19.5. The molecule has 2 aromatic carbocycles. The molecule has 190 valence electrons. The Morgan fingerprint density at radius 2 is 1.76 bits per heavy atom. The third kappa shape index (κ3) is 4.43. The summed E-state index contributed by atoms with van der Waals surface area (Å²) >= 11 is 12.4. The molecule has 1 saturated heterocycles. The van der Waals surface area contributed by atoms with Crippen LogP contribution in [-0.2, 0) is 0 Å². The van der Waals surface area contributed by atoms with Crippen molar-refractivity contribution in [1.29, 1.82) is 0 Å². The zero-order valence-corrected chi connectivity index (χ0v) is 23.0. The van der Waals surface area contributed by atoms with Crippen LogP contribution in [0, 0.1) is 20.8 Å². The quantitative estimate of drug-likeness (QED) is 0.281. The number of thiocarbonyl (C=S) groups is 1. The molecule has 3 heterocycles. The van der Waals surface area contributed by atoms with Crippen molar-refractivity contribution in [2.45, 2.75) is 32.9 Å². The van der Waals surface area contributed by atoms with Crippen LogP contribution in [0.4, 0.5) is 5.69 Å². The summed E-state index contributed by atoms with van der Waals surface area (Å²) in [6.45, 7) is 6.35. The first kappa shape index (κ1) is 25.1. The molecule has 1 fully saturated rings. The molecule has 2 aromatic heterocycles. The zero-order valence-electron chi connectivity index (χ0n) is 21.4. The SMILES string of the molecule is COc1ccc(OC)c(N2C(=S)N[C@H](c3ccccn3)[C@H]2c2cc(C)n(-c3cc(Cl)ccc3C)c2C)c1. The molecule has 37 heavy (non-hydrogen) atoms. The lowest BCUT2D eigenvalue weighted by Gasteiger charge is -2.29. The van der Waals surface area contributed by atoms with Crippen molar-refractivity contribution in [3.8, 4) is 17.2 Å². The summed E-state index contributed by atoms with van der Waals surface area (Å²) in [5.74, 6) is 1.43. The van der Waals surface area contributed by atoms with Gasteiger partial charge in [-0.25, -0.2) is 0 Å². The maximum absolute atomic E-state index is 6.41. The molecule has 0 saturated carbocycles. The fourth-order valence-electron chi connectivity index (χ4n) is 5.20. The number of pyridine rings is 1. The molecule has 6 nitrogen and oxygen atoms in total. The molecule has 0 amide bonds. The molecule has 8 heteroatoms. The summed E-state index contributed by atoms with van der Waals surface area (Å²) in [5.41, 5.74) is 7.27. The van der Waals surface area contributed by atoms with Crippen molar-refractivity contribution in [1.82, 2.24) is 14.9 Å². The minimum atomic E-state index is -0.192. The van der Waals surface area contributed by atoms with Crippen molar-refractivity contribution in [3.05, 3.63) is 100 Å². The lowest BCUT2D eigenvalue weighted by Crippen LogP contribution is -2.30. The van der Waals surface area contributed by atoms with Crippen molar-refractivity contribution in [2.75, 3.05) is 19.1 Å². The van der Waals surface area contributed by atoms with Gasteiger partial charge in [0.05, 0.1) is 37.7 Å². The highest BCUT2D eigenvalue weighted by molar-refractivity contribution is 7.80. The molecule has 2 atom stereocenters. The second-order valence-electron chi connectivity index (χ2n) is 9.13. The fourth-order valence-corrected chi connectivity index (χ4v) is 5.70. The predicted molar refractivity (Wildman–Crippen MR) is 152 cm³/mol. The first-order valence-corrected chi connectivity index (χ1v) is 12.8. The maximum atomic E-state index is 6.41. The van der Waals surface area contributed by atoms with E-state index in [-0.39, 0.29) is 12.1 Å². The number of aromatic nitrogens is 2. The molecule has 1 aliphatic rings. The Kier molecular flexibility index (Phi) is 6.84. The molecule has 5 rings (SSSR count). The van der Waals surface area contributed by atoms with E-state index in [9.17, 15) is 0 Å². The monoisotopic (exact) mass is 532 g/mol. The van der Waals surface area contributed by atoms with Crippen LogP contribution in [0.25, 0.3) is 5.69 Å². The molecule has 1 N–H and O–H groups in total. The summed E-state index contributed by atoms with van der Waals surface area (Å²) < 4.78 is 13.6. The number of rotatable bonds is 6. The number of aryl methyl sites for hydroxylation is 2. The first-order valence-electron chi connectivity index (χ1n) is 12.0. The number of methoxy groups -OCH3 is 2. The van der Waals surface area contributed by atoms with Gasteiger partial charge in [-0.1, -0.05) is 23.7 Å². The van der Waals surface area contributed by atoms with Gasteiger partial charge in [-0.3, -0.25) is 4.98 Å². The molecule has 1 aliphatic heterocycles. The molecular weight excluding hydrogens is 504 g/mol. The highest BCUT2D eigenvalue weighted by Gasteiger charge is 2.43. The number of ether oxygens (including phenoxy) is 2. The van der Waals surface area contributed by atoms with Crippen LogP contribution in [0.1, 0.15) is 40.3 Å². The standard InChI is InChI=1S/C29H29ClN4O2S/c1-17-9-10-20(30)15-24(17)33-18(2)14-22(19(33)3)28-27(23-8-6-7-13-31-23)32-29(37)34(28)25-16-21(35-4)11-12-26(25)36-5/h6-16,27-28H,1-5H3,(H,32,37)/t27-,28-/m1/s1. The molecule has 0 radical (unpaired) electrons. The summed E-state index contributed by atoms with van der Waals surface area (Å²) in [4.78, 5) is 6.81. The molecule has 0 aliphatic carbocycles. The second-order valence-corrected chi connectivity index (χ2v) is 9.95. The third-order valence-electron chi connectivity index (χ3n) is 6.94. The third-order valence-corrected chi connectivity index (χ3v) is 7.49. The average molecular weight is 533 g/mol.